The average molecular weight is 521 g/mol. The number of nitrogens with zero attached hydrogens (tertiary/aromatic N) is 1. The number of ether oxygens (including phenoxy) is 3. The van der Waals surface area contributed by atoms with Gasteiger partial charge in [0.15, 0.2) is 0 Å². The summed E-state index contributed by atoms with van der Waals surface area (Å²) in [5.41, 5.74) is 0.592. The Bertz CT molecular complexity index is 1420. The Balaban J connectivity index is 1.50. The number of carbonyl (C=O) groups is 4. The fourth-order valence-corrected chi connectivity index (χ4v) is 3.76. The number of esters is 2. The van der Waals surface area contributed by atoms with Crippen molar-refractivity contribution < 1.29 is 33.4 Å². The minimum absolute atomic E-state index is 0.0515. The second kappa shape index (κ2) is 11.0. The van der Waals surface area contributed by atoms with Crippen LogP contribution in [0.5, 0.6) is 11.5 Å². The Hall–Kier alpha value is -4.63. The Labute approximate surface area is 217 Å². The summed E-state index contributed by atoms with van der Waals surface area (Å²) in [5.74, 6) is -1.93. The van der Waals surface area contributed by atoms with E-state index in [4.69, 9.17) is 25.8 Å². The van der Waals surface area contributed by atoms with Crippen LogP contribution < -0.4 is 19.7 Å². The molecule has 0 saturated heterocycles. The van der Waals surface area contributed by atoms with E-state index < -0.39 is 23.8 Å². The summed E-state index contributed by atoms with van der Waals surface area (Å²) in [7, 11) is 1.51. The highest BCUT2D eigenvalue weighted by Crippen LogP contribution is 2.32. The summed E-state index contributed by atoms with van der Waals surface area (Å²) in [5, 5.41) is 2.48. The van der Waals surface area contributed by atoms with Gasteiger partial charge in [-0.2, -0.15) is 0 Å². The molecule has 0 saturated carbocycles. The van der Waals surface area contributed by atoms with Crippen molar-refractivity contribution in [2.24, 2.45) is 0 Å². The minimum Gasteiger partial charge on any atom is -0.497 e. The van der Waals surface area contributed by atoms with Crippen molar-refractivity contribution >= 4 is 46.7 Å². The topological polar surface area (TPSA) is 111 Å². The van der Waals surface area contributed by atoms with Crippen LogP contribution in [0.3, 0.4) is 0 Å². The Kier molecular flexibility index (Phi) is 7.55. The Morgan fingerprint density at radius 2 is 1.59 bits per heavy atom. The molecule has 0 aliphatic carbocycles. The number of halogens is 1. The van der Waals surface area contributed by atoms with Gasteiger partial charge < -0.3 is 19.5 Å². The highest BCUT2D eigenvalue weighted by molar-refractivity contribution is 6.53. The highest BCUT2D eigenvalue weighted by atomic mass is 35.5. The maximum absolute atomic E-state index is 13.2. The molecular weight excluding hydrogens is 500 g/mol. The highest BCUT2D eigenvalue weighted by Gasteiger charge is 2.40. The average Bonchev–Trinajstić information content (AvgIpc) is 3.12. The van der Waals surface area contributed by atoms with Crippen molar-refractivity contribution in [2.75, 3.05) is 23.9 Å². The third-order valence-electron chi connectivity index (χ3n) is 5.31. The fourth-order valence-electron chi connectivity index (χ4n) is 3.54. The van der Waals surface area contributed by atoms with E-state index in [2.05, 4.69) is 5.32 Å². The second-order valence-corrected chi connectivity index (χ2v) is 8.02. The van der Waals surface area contributed by atoms with Crippen LogP contribution >= 0.6 is 11.6 Å². The molecule has 0 aromatic heterocycles. The Morgan fingerprint density at radius 1 is 0.892 bits per heavy atom. The van der Waals surface area contributed by atoms with Gasteiger partial charge in [-0.1, -0.05) is 29.8 Å². The monoisotopic (exact) mass is 520 g/mol. The number of hydrogen-bond acceptors (Lipinski definition) is 8. The van der Waals surface area contributed by atoms with Gasteiger partial charge in [0.05, 0.1) is 30.5 Å². The zero-order chi connectivity index (χ0) is 26.5. The lowest BCUT2D eigenvalue weighted by molar-refractivity contribution is -0.120. The van der Waals surface area contributed by atoms with Crippen LogP contribution in [0.25, 0.3) is 0 Å². The SMILES string of the molecule is CCOC(=O)c1ccccc1N1C(=O)C(Cl)=C(Nc2ccc(C(=O)Oc3cccc(OC)c3)cc2)C1=O. The second-order valence-electron chi connectivity index (χ2n) is 7.64. The van der Waals surface area contributed by atoms with Crippen molar-refractivity contribution in [3.8, 4) is 11.5 Å². The van der Waals surface area contributed by atoms with E-state index in [1.165, 1.54) is 43.5 Å². The molecule has 0 atom stereocenters. The summed E-state index contributed by atoms with van der Waals surface area (Å²) in [6.07, 6.45) is 0. The summed E-state index contributed by atoms with van der Waals surface area (Å²) < 4.78 is 15.5. The quantitative estimate of drug-likeness (QED) is 0.262. The number of para-hydroxylation sites is 1. The molecule has 0 radical (unpaired) electrons. The smallest absolute Gasteiger partial charge is 0.343 e. The van der Waals surface area contributed by atoms with Gasteiger partial charge in [0.2, 0.25) is 0 Å². The summed E-state index contributed by atoms with van der Waals surface area (Å²) in [4.78, 5) is 51.7. The van der Waals surface area contributed by atoms with Crippen LogP contribution in [-0.4, -0.2) is 37.5 Å². The van der Waals surface area contributed by atoms with E-state index in [-0.39, 0.29) is 34.2 Å². The third kappa shape index (κ3) is 5.31. The van der Waals surface area contributed by atoms with E-state index in [1.54, 1.807) is 43.3 Å². The lowest BCUT2D eigenvalue weighted by Gasteiger charge is -2.18. The van der Waals surface area contributed by atoms with Gasteiger partial charge in [-0.05, 0) is 55.5 Å². The summed E-state index contributed by atoms with van der Waals surface area (Å²) in [6, 6.07) is 18.8. The maximum Gasteiger partial charge on any atom is 0.343 e. The van der Waals surface area contributed by atoms with Gasteiger partial charge >= 0.3 is 11.9 Å². The first-order valence-electron chi connectivity index (χ1n) is 11.1. The van der Waals surface area contributed by atoms with Crippen molar-refractivity contribution in [1.29, 1.82) is 0 Å². The molecule has 1 N–H and O–H groups in total. The zero-order valence-electron chi connectivity index (χ0n) is 19.8. The van der Waals surface area contributed by atoms with Crippen LogP contribution in [0.2, 0.25) is 0 Å². The number of anilines is 2. The zero-order valence-corrected chi connectivity index (χ0v) is 20.6. The molecule has 188 valence electrons. The largest absolute Gasteiger partial charge is 0.497 e. The molecule has 1 heterocycles. The van der Waals surface area contributed by atoms with Crippen LogP contribution in [0.1, 0.15) is 27.6 Å². The number of rotatable bonds is 8. The van der Waals surface area contributed by atoms with Crippen LogP contribution in [0.15, 0.2) is 83.5 Å². The van der Waals surface area contributed by atoms with E-state index in [0.717, 1.165) is 4.90 Å². The van der Waals surface area contributed by atoms with Gasteiger partial charge in [-0.25, -0.2) is 14.5 Å². The number of nitrogens with one attached hydrogen (secondary N) is 1. The van der Waals surface area contributed by atoms with E-state index >= 15 is 0 Å². The molecular formula is C27H21ClN2O7. The Morgan fingerprint density at radius 3 is 2.30 bits per heavy atom. The van der Waals surface area contributed by atoms with Crippen molar-refractivity contribution in [1.82, 2.24) is 0 Å². The molecule has 37 heavy (non-hydrogen) atoms. The molecule has 1 aliphatic rings. The molecule has 0 bridgehead atoms. The molecule has 9 nitrogen and oxygen atoms in total. The standard InChI is InChI=1S/C27H21ClN2O7/c1-3-36-27(34)20-9-4-5-10-21(20)30-24(31)22(28)23(25(30)32)29-17-13-11-16(12-14-17)26(33)37-19-8-6-7-18(15-19)35-2/h4-15,29H,3H2,1-2H3. The summed E-state index contributed by atoms with van der Waals surface area (Å²) >= 11 is 6.21. The number of imide groups is 1. The number of methoxy groups -OCH3 is 1. The van der Waals surface area contributed by atoms with Gasteiger partial charge in [0, 0.05) is 11.8 Å². The molecule has 0 fully saturated rings. The molecule has 10 heteroatoms. The number of carbonyl (C=O) groups excluding carboxylic acids is 4. The molecule has 3 aromatic rings. The first kappa shape index (κ1) is 25.5. The van der Waals surface area contributed by atoms with E-state index in [9.17, 15) is 19.2 Å². The van der Waals surface area contributed by atoms with Crippen molar-refractivity contribution in [3.63, 3.8) is 0 Å². The van der Waals surface area contributed by atoms with Crippen LogP contribution in [0, 0.1) is 0 Å². The van der Waals surface area contributed by atoms with Gasteiger partial charge in [0.25, 0.3) is 11.8 Å². The molecule has 0 spiro atoms. The third-order valence-corrected chi connectivity index (χ3v) is 5.66. The molecule has 3 aromatic carbocycles. The fraction of sp³-hybridized carbons (Fsp3) is 0.111. The molecule has 0 unspecified atom stereocenters. The van der Waals surface area contributed by atoms with Gasteiger partial charge in [0.1, 0.15) is 22.2 Å². The van der Waals surface area contributed by atoms with Crippen molar-refractivity contribution in [3.05, 3.63) is 94.7 Å². The predicted molar refractivity (Wildman–Crippen MR) is 136 cm³/mol. The normalized spacial score (nSPS) is 13.0. The maximum atomic E-state index is 13.2. The molecule has 4 rings (SSSR count). The first-order chi connectivity index (χ1) is 17.8. The number of benzene rings is 3. The van der Waals surface area contributed by atoms with Gasteiger partial charge in [-0.15, -0.1) is 0 Å². The molecule has 2 amide bonds. The van der Waals surface area contributed by atoms with Crippen LogP contribution in [-0.2, 0) is 14.3 Å². The van der Waals surface area contributed by atoms with Gasteiger partial charge in [-0.3, -0.25) is 9.59 Å². The minimum atomic E-state index is -0.788. The van der Waals surface area contributed by atoms with E-state index in [0.29, 0.717) is 17.2 Å². The van der Waals surface area contributed by atoms with Crippen LogP contribution in [0.4, 0.5) is 11.4 Å². The lowest BCUT2D eigenvalue weighted by Crippen LogP contribution is -2.33. The summed E-state index contributed by atoms with van der Waals surface area (Å²) in [6.45, 7) is 1.78. The van der Waals surface area contributed by atoms with Crippen molar-refractivity contribution in [2.45, 2.75) is 6.92 Å². The number of amides is 2. The lowest BCUT2D eigenvalue weighted by atomic mass is 10.1. The number of hydrogen-bond donors (Lipinski definition) is 1. The van der Waals surface area contributed by atoms with E-state index in [1.807, 2.05) is 0 Å². The molecule has 1 aliphatic heterocycles. The first-order valence-corrected chi connectivity index (χ1v) is 11.5. The predicted octanol–water partition coefficient (Wildman–Crippen LogP) is 4.53.